The normalized spacial score (nSPS) is 10.8. The third kappa shape index (κ3) is 16.3. The van der Waals surface area contributed by atoms with Crippen molar-refractivity contribution >= 4 is 125 Å². The second-order valence-corrected chi connectivity index (χ2v) is 24.9. The Balaban J connectivity index is 0.000000154. The lowest BCUT2D eigenvalue weighted by molar-refractivity contribution is -0.136. The summed E-state index contributed by atoms with van der Waals surface area (Å²) in [5, 5.41) is 20.2. The highest BCUT2D eigenvalue weighted by Gasteiger charge is 2.22. The summed E-state index contributed by atoms with van der Waals surface area (Å²) in [6.45, 7) is 5.42. The maximum absolute atomic E-state index is 12.7. The minimum atomic E-state index is -3.22. The number of aromatic nitrogens is 8. The van der Waals surface area contributed by atoms with E-state index < -0.39 is 11.2 Å². The number of nitrogens with two attached hydrogens (primary N) is 1. The number of pyridine rings is 5. The van der Waals surface area contributed by atoms with Crippen LogP contribution in [0.2, 0.25) is 20.2 Å². The number of hydrogen-bond donors (Lipinski definition) is 3. The Morgan fingerprint density at radius 2 is 1.06 bits per heavy atom. The number of anilines is 1. The highest BCUT2D eigenvalue weighted by Crippen LogP contribution is 2.61. The molecule has 25 heteroatoms. The minimum absolute atomic E-state index is 0.0964. The Hall–Kier alpha value is -7.44. The molecule has 8 heterocycles. The summed E-state index contributed by atoms with van der Waals surface area (Å²) in [4.78, 5) is 54.2. The molecule has 4 N–H and O–H groups in total. The predicted octanol–water partition coefficient (Wildman–Crippen LogP) is 15.7. The largest absolute Gasteiger partial charge is 0.481 e. The van der Waals surface area contributed by atoms with Gasteiger partial charge in [0.1, 0.15) is 17.3 Å². The van der Waals surface area contributed by atoms with Crippen LogP contribution in [0.25, 0.3) is 66.7 Å². The Morgan fingerprint density at radius 3 is 1.58 bits per heavy atom. The molecule has 0 radical (unpaired) electrons. The van der Waals surface area contributed by atoms with Crippen molar-refractivity contribution in [3.05, 3.63) is 211 Å². The van der Waals surface area contributed by atoms with Crippen molar-refractivity contribution in [2.75, 3.05) is 5.73 Å². The van der Waals surface area contributed by atoms with Gasteiger partial charge < -0.3 is 29.4 Å². The highest BCUT2D eigenvalue weighted by molar-refractivity contribution is 8.24. The number of benzene rings is 3. The lowest BCUT2D eigenvalue weighted by Gasteiger charge is -2.13. The molecule has 0 saturated heterocycles. The number of nitrogen functional groups attached to an aromatic ring is 1. The lowest BCUT2D eigenvalue weighted by Crippen LogP contribution is -2.11. The zero-order chi connectivity index (χ0) is 57.0. The molecule has 0 aliphatic carbocycles. The number of carboxylic acid groups (broad SMARTS) is 1. The van der Waals surface area contributed by atoms with Crippen molar-refractivity contribution < 1.29 is 32.8 Å². The lowest BCUT2D eigenvalue weighted by atomic mass is 9.95. The monoisotopic (exact) mass is 1220 g/mol. The Labute approximate surface area is 483 Å². The molecule has 0 atom stereocenters. The summed E-state index contributed by atoms with van der Waals surface area (Å²) in [7, 11) is 0. The second kappa shape index (κ2) is 26.9. The van der Waals surface area contributed by atoms with Gasteiger partial charge in [0, 0.05) is 115 Å². The van der Waals surface area contributed by atoms with Crippen LogP contribution in [0.15, 0.2) is 165 Å². The topological polar surface area (TPSA) is 260 Å². The van der Waals surface area contributed by atoms with E-state index in [0.29, 0.717) is 82.3 Å². The maximum Gasteiger partial charge on any atom is 0.339 e. The number of rotatable bonds is 8. The number of nitrogens with one attached hydrogen (secondary N) is 1. The molecule has 0 aliphatic heterocycles. The third-order valence-corrected chi connectivity index (χ3v) is 11.7. The van der Waals surface area contributed by atoms with Gasteiger partial charge in [-0.15, -0.1) is 0 Å². The van der Waals surface area contributed by atoms with Gasteiger partial charge in [-0.1, -0.05) is 61.9 Å². The quantitative estimate of drug-likeness (QED) is 0.0553. The van der Waals surface area contributed by atoms with E-state index in [9.17, 15) is 18.9 Å². The smallest absolute Gasteiger partial charge is 0.339 e. The van der Waals surface area contributed by atoms with Crippen LogP contribution in [-0.4, -0.2) is 57.2 Å². The molecule has 0 bridgehead atoms. The van der Waals surface area contributed by atoms with Gasteiger partial charge in [-0.25, -0.2) is 4.98 Å². The Morgan fingerprint density at radius 1 is 0.595 bits per heavy atom. The molecule has 79 heavy (non-hydrogen) atoms. The van der Waals surface area contributed by atoms with Crippen LogP contribution in [0.4, 0.5) is 5.69 Å². The van der Waals surface area contributed by atoms with E-state index in [1.165, 1.54) is 0 Å². The number of H-pyrrole nitrogens is 1. The zero-order valence-electron chi connectivity index (χ0n) is 41.2. The molecule has 11 rings (SSSR count). The van der Waals surface area contributed by atoms with Gasteiger partial charge >= 0.3 is 11.2 Å². The van der Waals surface area contributed by atoms with E-state index >= 15 is 0 Å². The molecule has 11 aromatic rings. The number of carbonyl (C=O) groups is 2. The fourth-order valence-electron chi connectivity index (χ4n) is 7.56. The fourth-order valence-corrected chi connectivity index (χ4v) is 8.36. The number of ketones is 1. The maximum atomic E-state index is 12.7. The van der Waals surface area contributed by atoms with Crippen molar-refractivity contribution in [1.82, 2.24) is 40.4 Å². The van der Waals surface area contributed by atoms with Crippen LogP contribution in [-0.2, 0) is 15.8 Å². The Kier molecular flexibility index (Phi) is 20.2. The van der Waals surface area contributed by atoms with Gasteiger partial charge in [0.05, 0.1) is 33.7 Å². The summed E-state index contributed by atoms with van der Waals surface area (Å²) in [5.41, 5.74) is 15.1. The molecule has 0 amide bonds. The van der Waals surface area contributed by atoms with E-state index in [0.717, 1.165) is 44.2 Å². The summed E-state index contributed by atoms with van der Waals surface area (Å²) in [6, 6.07) is 31.7. The number of halogens is 7. The number of carbonyl (C=O) groups excluding carboxylic acids is 1. The minimum Gasteiger partial charge on any atom is -0.481 e. The molecule has 17 nitrogen and oxygen atoms in total. The van der Waals surface area contributed by atoms with Crippen molar-refractivity contribution in [2.24, 2.45) is 0 Å². The number of aliphatic carboxylic acids is 1. The number of nitrogens with zero attached hydrogens (tertiary/aromatic N) is 7. The van der Waals surface area contributed by atoms with Crippen LogP contribution >= 0.6 is 85.3 Å². The average Bonchev–Trinajstić information content (AvgIpc) is 4.34. The zero-order valence-corrected chi connectivity index (χ0v) is 47.4. The van der Waals surface area contributed by atoms with Crippen molar-refractivity contribution in [3.63, 3.8) is 0 Å². The third-order valence-electron chi connectivity index (χ3n) is 10.8. The molecule has 0 spiro atoms. The number of fused-ring (bicyclic) bond motifs is 2. The van der Waals surface area contributed by atoms with Gasteiger partial charge in [-0.05, 0) is 157 Å². The standard InChI is InChI=1S/C18H11Cl2N3O.C18H12ClN3O2.C12H9ClN2O.C6H7NO3.Cl3OP/c1-10-8-15(24-23-10)17-16(11-4-6-21-7-5-11)13-9-12(19)2-3-14(13)22-18(17)20;1-10-8-15(24-22-10)17-16(11-4-6-20-7-5-11)13-9-12(19)2-3-14(13)21-18(17)23;13-9-1-2-11(14)10(7-9)12(16)8-3-5-15-6-4-8;1-4-2-5(10-7-4)3-6(8)9;1-5(2,3)4/h2-9H,1H3;2-9H,1H3,(H,21,23);1-7H,14H2;2H,3H2,1H3,(H,8,9);. The van der Waals surface area contributed by atoms with E-state index in [2.05, 4.69) is 78.6 Å². The van der Waals surface area contributed by atoms with Crippen LogP contribution in [0.5, 0.6) is 0 Å². The second-order valence-electron chi connectivity index (χ2n) is 16.5. The van der Waals surface area contributed by atoms with Gasteiger partial charge in [-0.3, -0.25) is 33.9 Å². The van der Waals surface area contributed by atoms with Crippen LogP contribution in [0.3, 0.4) is 0 Å². The number of aryl methyl sites for hydroxylation is 3. The number of aromatic amines is 1. The van der Waals surface area contributed by atoms with E-state index in [1.807, 2.05) is 62.4 Å². The Bertz CT molecular complexity index is 4040. The van der Waals surface area contributed by atoms with Gasteiger partial charge in [-0.2, -0.15) is 0 Å². The average molecular weight is 1220 g/mol. The molecular formula is C54H39Cl7N9O8P. The molecule has 3 aromatic carbocycles. The predicted molar refractivity (Wildman–Crippen MR) is 310 cm³/mol. The molecule has 0 unspecified atom stereocenters. The van der Waals surface area contributed by atoms with Crippen molar-refractivity contribution in [1.29, 1.82) is 0 Å². The van der Waals surface area contributed by atoms with E-state index in [-0.39, 0.29) is 17.8 Å². The first-order valence-corrected chi connectivity index (χ1v) is 28.7. The fraction of sp³-hybridized carbons (Fsp3) is 0.0741. The molecule has 0 aliphatic rings. The molecule has 0 fully saturated rings. The SMILES string of the molecule is Cc1cc(-c2c(-c3ccncc3)c3cc(Cl)ccc3[nH]c2=O)on1.Cc1cc(-c2c(Cl)nc3ccc(Cl)cc3c2-c2ccncc2)on1.Cc1cc(CC(=O)O)on1.Nc1ccc(Cl)cc1C(=O)c1ccncc1.O=P(Cl)(Cl)Cl. The van der Waals surface area contributed by atoms with Crippen LogP contribution < -0.4 is 11.3 Å². The summed E-state index contributed by atoms with van der Waals surface area (Å²) >= 11 is 38.6. The number of hydrogen-bond acceptors (Lipinski definition) is 15. The van der Waals surface area contributed by atoms with Gasteiger partial charge in [0.2, 0.25) is 0 Å². The van der Waals surface area contributed by atoms with Crippen molar-refractivity contribution in [2.45, 2.75) is 27.2 Å². The highest BCUT2D eigenvalue weighted by atomic mass is 36.0. The molecule has 402 valence electrons. The van der Waals surface area contributed by atoms with Crippen molar-refractivity contribution in [3.8, 4) is 44.9 Å². The molecule has 0 saturated carbocycles. The van der Waals surface area contributed by atoms with Crippen LogP contribution in [0.1, 0.15) is 38.8 Å². The summed E-state index contributed by atoms with van der Waals surface area (Å²) in [5.74, 6) is 0.324. The first-order chi connectivity index (χ1) is 37.6. The van der Waals surface area contributed by atoms with Gasteiger partial charge in [0.15, 0.2) is 17.3 Å². The van der Waals surface area contributed by atoms with E-state index in [1.54, 1.807) is 105 Å². The van der Waals surface area contributed by atoms with Crippen LogP contribution in [0, 0.1) is 20.8 Å². The van der Waals surface area contributed by atoms with E-state index in [4.69, 9.17) is 66.3 Å². The molecule has 8 aromatic heterocycles. The van der Waals surface area contributed by atoms with Gasteiger partial charge in [0.25, 0.3) is 5.56 Å². The summed E-state index contributed by atoms with van der Waals surface area (Å²) in [6.07, 6.45) is 9.86. The first kappa shape index (κ1) is 59.2. The number of carboxylic acids is 1. The molecular weight excluding hydrogens is 1180 g/mol. The summed E-state index contributed by atoms with van der Waals surface area (Å²) < 4.78 is 25.0. The first-order valence-electron chi connectivity index (χ1n) is 22.8.